The van der Waals surface area contributed by atoms with E-state index in [1.165, 1.54) is 0 Å². The SMILES string of the molecule is O=C(O)C[I-]I. The monoisotopic (exact) mass is 313 g/mol. The molecule has 1 N–H and O–H groups in total. The molecule has 0 atom stereocenters. The molecule has 0 aliphatic heterocycles. The Morgan fingerprint density at radius 3 is 2.50 bits per heavy atom. The summed E-state index contributed by atoms with van der Waals surface area (Å²) in [6.45, 7) is 0. The van der Waals surface area contributed by atoms with Crippen molar-refractivity contribution in [1.82, 2.24) is 0 Å². The van der Waals surface area contributed by atoms with Crippen LogP contribution in [-0.2, 0) is 4.79 Å². The number of rotatable bonds is 2. The second-order valence-electron chi connectivity index (χ2n) is 0.628. The molecule has 0 heterocycles. The Balaban J connectivity index is 2.83. The first-order valence-corrected chi connectivity index (χ1v) is 9.00. The molecule has 0 aromatic heterocycles. The zero-order chi connectivity index (χ0) is 4.99. The van der Waals surface area contributed by atoms with Crippen molar-refractivity contribution in [3.63, 3.8) is 0 Å². The van der Waals surface area contributed by atoms with E-state index in [0.29, 0.717) is 4.43 Å². The van der Waals surface area contributed by atoms with Gasteiger partial charge in [0.25, 0.3) is 0 Å². The molecule has 6 heavy (non-hydrogen) atoms. The van der Waals surface area contributed by atoms with Gasteiger partial charge in [-0.15, -0.1) is 0 Å². The number of carbonyl (C=O) groups is 1. The third-order valence-electron chi connectivity index (χ3n) is 0.165. The number of hydrogen-bond donors (Lipinski definition) is 1. The van der Waals surface area contributed by atoms with Gasteiger partial charge in [-0.3, -0.25) is 0 Å². The van der Waals surface area contributed by atoms with E-state index in [1.54, 1.807) is 0 Å². The molecule has 0 radical (unpaired) electrons. The Bertz CT molecular complexity index is 53.5. The third-order valence-corrected chi connectivity index (χ3v) is 3.04. The summed E-state index contributed by atoms with van der Waals surface area (Å²) in [7, 11) is 0. The molecular weight excluding hydrogens is 310 g/mol. The first-order valence-electron chi connectivity index (χ1n) is 1.19. The van der Waals surface area contributed by atoms with Gasteiger partial charge in [0, 0.05) is 0 Å². The summed E-state index contributed by atoms with van der Waals surface area (Å²) in [6.07, 6.45) is 0. The average Bonchev–Trinajstić information content (AvgIpc) is 1.35. The van der Waals surface area contributed by atoms with Crippen LogP contribution in [0, 0.1) is 0 Å². The second-order valence-corrected chi connectivity index (χ2v) is 5.84. The van der Waals surface area contributed by atoms with Crippen LogP contribution in [0.5, 0.6) is 0 Å². The summed E-state index contributed by atoms with van der Waals surface area (Å²) < 4.78 is 0.388. The van der Waals surface area contributed by atoms with Crippen LogP contribution in [0.4, 0.5) is 0 Å². The minimum atomic E-state index is -0.669. The molecule has 0 saturated carbocycles. The van der Waals surface area contributed by atoms with E-state index >= 15 is 0 Å². The van der Waals surface area contributed by atoms with Crippen LogP contribution in [0.15, 0.2) is 0 Å². The molecule has 2 nitrogen and oxygen atoms in total. The molecule has 0 fully saturated rings. The fourth-order valence-electron chi connectivity index (χ4n) is 0.0432. The number of hydrogen-bond acceptors (Lipinski definition) is 1. The predicted octanol–water partition coefficient (Wildman–Crippen LogP) is -2.49. The van der Waals surface area contributed by atoms with Gasteiger partial charge in [0.05, 0.1) is 0 Å². The van der Waals surface area contributed by atoms with Gasteiger partial charge in [-0.25, -0.2) is 0 Å². The molecule has 0 spiro atoms. The molecule has 0 aliphatic carbocycles. The van der Waals surface area contributed by atoms with Crippen LogP contribution in [0.25, 0.3) is 0 Å². The summed E-state index contributed by atoms with van der Waals surface area (Å²) in [5.74, 6) is -0.669. The van der Waals surface area contributed by atoms with Crippen LogP contribution in [0.1, 0.15) is 0 Å². The molecule has 0 amide bonds. The van der Waals surface area contributed by atoms with E-state index in [0.717, 1.165) is 0 Å². The average molecular weight is 313 g/mol. The van der Waals surface area contributed by atoms with Crippen molar-refractivity contribution in [2.24, 2.45) is 0 Å². The van der Waals surface area contributed by atoms with Crippen molar-refractivity contribution in [3.05, 3.63) is 0 Å². The Hall–Kier alpha value is 0.930. The number of alkyl halides is 1. The van der Waals surface area contributed by atoms with E-state index < -0.39 is 5.97 Å². The van der Waals surface area contributed by atoms with E-state index in [2.05, 4.69) is 18.6 Å². The molecule has 0 aromatic carbocycles. The van der Waals surface area contributed by atoms with Crippen molar-refractivity contribution < 1.29 is 27.1 Å². The van der Waals surface area contributed by atoms with Crippen LogP contribution in [0.2, 0.25) is 0 Å². The number of aliphatic carboxylic acids is 1. The van der Waals surface area contributed by atoms with E-state index in [4.69, 9.17) is 5.11 Å². The van der Waals surface area contributed by atoms with Crippen molar-refractivity contribution in [3.8, 4) is 0 Å². The molecule has 0 aromatic rings. The predicted molar refractivity (Wildman–Crippen MR) is 26.5 cm³/mol. The standard InChI is InChI=1S/C2H3I2O2/c3-4-1-2(5)6/h1H2,(H,5,6)/q-1. The van der Waals surface area contributed by atoms with Gasteiger partial charge < -0.3 is 0 Å². The summed E-state index contributed by atoms with van der Waals surface area (Å²) in [5.41, 5.74) is 0. The summed E-state index contributed by atoms with van der Waals surface area (Å²) in [5, 5.41) is 7.94. The van der Waals surface area contributed by atoms with Gasteiger partial charge in [-0.05, 0) is 0 Å². The molecule has 0 rings (SSSR count). The minimum absolute atomic E-state index is 0.0624. The van der Waals surface area contributed by atoms with Crippen molar-refractivity contribution in [1.29, 1.82) is 0 Å². The molecule has 38 valence electrons. The molecule has 0 bridgehead atoms. The summed E-state index contributed by atoms with van der Waals surface area (Å²) in [4.78, 5) is 9.62. The third kappa shape index (κ3) is 4.93. The summed E-state index contributed by atoms with van der Waals surface area (Å²) in [6, 6.07) is 0. The topological polar surface area (TPSA) is 37.3 Å². The van der Waals surface area contributed by atoms with Gasteiger partial charge in [-0.1, -0.05) is 0 Å². The molecule has 0 aliphatic rings. The van der Waals surface area contributed by atoms with E-state index in [9.17, 15) is 4.79 Å². The van der Waals surface area contributed by atoms with Crippen LogP contribution >= 0.6 is 18.6 Å². The van der Waals surface area contributed by atoms with Gasteiger partial charge >= 0.3 is 56.1 Å². The van der Waals surface area contributed by atoms with Crippen molar-refractivity contribution in [2.45, 2.75) is 0 Å². The molecular formula is C2H3I2O2-. The van der Waals surface area contributed by atoms with Gasteiger partial charge in [0.1, 0.15) is 0 Å². The molecule has 0 unspecified atom stereocenters. The molecule has 4 heteroatoms. The Kier molecular flexibility index (Phi) is 4.73. The summed E-state index contributed by atoms with van der Waals surface area (Å²) >= 11 is 2.07. The van der Waals surface area contributed by atoms with E-state index in [1.807, 2.05) is 0 Å². The van der Waals surface area contributed by atoms with E-state index in [-0.39, 0.29) is 17.2 Å². The number of carboxylic acids is 1. The number of halogens is 2. The Morgan fingerprint density at radius 1 is 2.00 bits per heavy atom. The fraction of sp³-hybridized carbons (Fsp3) is 0.500. The first kappa shape index (κ1) is 6.93. The maximum absolute atomic E-state index is 9.62. The normalized spacial score (nSPS) is 8.83. The zero-order valence-corrected chi connectivity index (χ0v) is 7.13. The molecule has 0 saturated heterocycles. The van der Waals surface area contributed by atoms with Crippen LogP contribution < -0.4 is 17.2 Å². The van der Waals surface area contributed by atoms with Gasteiger partial charge in [0.2, 0.25) is 0 Å². The van der Waals surface area contributed by atoms with Crippen LogP contribution in [0.3, 0.4) is 0 Å². The first-order chi connectivity index (χ1) is 2.77. The number of carboxylic acid groups (broad SMARTS) is 1. The second kappa shape index (κ2) is 4.10. The van der Waals surface area contributed by atoms with Crippen molar-refractivity contribution in [2.75, 3.05) is 4.43 Å². The Labute approximate surface area is 55.7 Å². The Morgan fingerprint density at radius 2 is 2.50 bits per heavy atom. The van der Waals surface area contributed by atoms with Gasteiger partial charge in [-0.2, -0.15) is 0 Å². The van der Waals surface area contributed by atoms with Gasteiger partial charge in [0.15, 0.2) is 0 Å². The maximum atomic E-state index is 9.62. The van der Waals surface area contributed by atoms with Crippen molar-refractivity contribution >= 4 is 24.6 Å². The quantitative estimate of drug-likeness (QED) is 0.452. The fourth-order valence-corrected chi connectivity index (χ4v) is 1.94. The van der Waals surface area contributed by atoms with Crippen LogP contribution in [-0.4, -0.2) is 15.5 Å². The zero-order valence-electron chi connectivity index (χ0n) is 2.82.